The molecule has 1 unspecified atom stereocenters. The lowest BCUT2D eigenvalue weighted by atomic mass is 9.53. The number of carbonyl (C=O) groups excluding carboxylic acids is 1. The fourth-order valence-electron chi connectivity index (χ4n) is 4.90. The molecule has 2 aliphatic carbocycles. The number of hydrogen-bond acceptors (Lipinski definition) is 2. The van der Waals surface area contributed by atoms with Crippen LogP contribution in [0.15, 0.2) is 28.8 Å². The van der Waals surface area contributed by atoms with Gasteiger partial charge in [0, 0.05) is 23.2 Å². The molecule has 0 aromatic carbocycles. The Balaban J connectivity index is 1.85. The van der Waals surface area contributed by atoms with Crippen LogP contribution in [0.4, 0.5) is 0 Å². The molecule has 0 spiro atoms. The lowest BCUT2D eigenvalue weighted by molar-refractivity contribution is -0.113. The third kappa shape index (κ3) is 1.54. The van der Waals surface area contributed by atoms with Crippen LogP contribution < -0.4 is 5.32 Å². The predicted molar refractivity (Wildman–Crippen MR) is 75.0 cm³/mol. The van der Waals surface area contributed by atoms with Crippen LogP contribution in [-0.4, -0.2) is 23.7 Å². The first-order valence-corrected chi connectivity index (χ1v) is 7.41. The van der Waals surface area contributed by atoms with Gasteiger partial charge in [0.15, 0.2) is 0 Å². The van der Waals surface area contributed by atoms with Crippen LogP contribution in [0.2, 0.25) is 0 Å². The van der Waals surface area contributed by atoms with Crippen molar-refractivity contribution in [3.63, 3.8) is 0 Å². The second-order valence-electron chi connectivity index (χ2n) is 6.55. The van der Waals surface area contributed by atoms with Crippen molar-refractivity contribution in [2.45, 2.75) is 38.1 Å². The topological polar surface area (TPSA) is 41.5 Å². The summed E-state index contributed by atoms with van der Waals surface area (Å²) < 4.78 is 0. The maximum Gasteiger partial charge on any atom is 0.269 e. The van der Waals surface area contributed by atoms with Gasteiger partial charge in [-0.3, -0.25) is 4.79 Å². The highest BCUT2D eigenvalue weighted by molar-refractivity contribution is 6.06. The van der Waals surface area contributed by atoms with Gasteiger partial charge < -0.3 is 5.32 Å². The van der Waals surface area contributed by atoms with Gasteiger partial charge in [0.25, 0.3) is 5.91 Å². The Bertz CT molecular complexity index is 531. The van der Waals surface area contributed by atoms with Gasteiger partial charge in [0.05, 0.1) is 0 Å². The summed E-state index contributed by atoms with van der Waals surface area (Å²) >= 11 is 0. The van der Waals surface area contributed by atoms with E-state index in [4.69, 9.17) is 0 Å². The van der Waals surface area contributed by atoms with Crippen molar-refractivity contribution in [1.29, 1.82) is 0 Å². The molecule has 0 aromatic rings. The minimum atomic E-state index is -0.0734. The Hall–Kier alpha value is -1.22. The number of aliphatic imine (C=N–C) groups is 1. The summed E-state index contributed by atoms with van der Waals surface area (Å²) in [5, 5.41) is 3.83. The molecule has 1 saturated carbocycles. The lowest BCUT2D eigenvalue weighted by Crippen LogP contribution is -2.66. The molecule has 2 fully saturated rings. The fraction of sp³-hybridized carbons (Fsp3) is 0.625. The van der Waals surface area contributed by atoms with Gasteiger partial charge in [-0.15, -0.1) is 0 Å². The third-order valence-electron chi connectivity index (χ3n) is 5.44. The van der Waals surface area contributed by atoms with Crippen LogP contribution in [0.3, 0.4) is 0 Å². The molecule has 3 heteroatoms. The van der Waals surface area contributed by atoms with Crippen molar-refractivity contribution in [3.05, 3.63) is 23.8 Å². The molecular formula is C16H20N2O. The number of allylic oxidation sites excluding steroid dienone is 1. The molecule has 4 atom stereocenters. The van der Waals surface area contributed by atoms with E-state index >= 15 is 0 Å². The molecule has 2 aliphatic heterocycles. The summed E-state index contributed by atoms with van der Waals surface area (Å²) in [6, 6.07) is 0. The molecular weight excluding hydrogens is 236 g/mol. The number of dihydropyridines is 1. The van der Waals surface area contributed by atoms with E-state index in [9.17, 15) is 4.79 Å². The van der Waals surface area contributed by atoms with E-state index in [1.807, 2.05) is 0 Å². The van der Waals surface area contributed by atoms with Gasteiger partial charge in [-0.2, -0.15) is 0 Å². The molecule has 2 bridgehead atoms. The quantitative estimate of drug-likeness (QED) is 0.675. The number of fused-ring (bicyclic) bond motifs is 1. The van der Waals surface area contributed by atoms with Crippen molar-refractivity contribution in [2.75, 3.05) is 6.54 Å². The number of nitrogens with zero attached hydrogens (tertiary/aromatic N) is 1. The number of rotatable bonds is 0. The average molecular weight is 256 g/mol. The number of piperidine rings is 1. The van der Waals surface area contributed by atoms with Gasteiger partial charge in [-0.25, -0.2) is 4.99 Å². The zero-order chi connectivity index (χ0) is 13.0. The average Bonchev–Trinajstić information content (AvgIpc) is 2.37. The van der Waals surface area contributed by atoms with Crippen LogP contribution >= 0.6 is 0 Å². The molecule has 4 rings (SSSR count). The molecule has 1 amide bonds. The van der Waals surface area contributed by atoms with Gasteiger partial charge in [-0.1, -0.05) is 17.7 Å². The van der Waals surface area contributed by atoms with E-state index in [-0.39, 0.29) is 11.4 Å². The second-order valence-corrected chi connectivity index (χ2v) is 6.55. The highest BCUT2D eigenvalue weighted by atomic mass is 16.1. The van der Waals surface area contributed by atoms with Gasteiger partial charge in [0.1, 0.15) is 0 Å². The van der Waals surface area contributed by atoms with Crippen LogP contribution in [0.25, 0.3) is 0 Å². The van der Waals surface area contributed by atoms with Crippen LogP contribution in [0, 0.1) is 17.8 Å². The first-order valence-electron chi connectivity index (χ1n) is 7.41. The molecule has 19 heavy (non-hydrogen) atoms. The van der Waals surface area contributed by atoms with E-state index in [0.29, 0.717) is 17.8 Å². The molecule has 0 aromatic heterocycles. The Kier molecular flexibility index (Phi) is 2.37. The summed E-state index contributed by atoms with van der Waals surface area (Å²) in [4.78, 5) is 15.9. The molecule has 4 aliphatic rings. The molecule has 2 heterocycles. The highest BCUT2D eigenvalue weighted by Gasteiger charge is 2.55. The van der Waals surface area contributed by atoms with Crippen LogP contribution in [0.5, 0.6) is 0 Å². The third-order valence-corrected chi connectivity index (χ3v) is 5.44. The van der Waals surface area contributed by atoms with Gasteiger partial charge >= 0.3 is 0 Å². The van der Waals surface area contributed by atoms with E-state index in [0.717, 1.165) is 25.1 Å². The van der Waals surface area contributed by atoms with Crippen molar-refractivity contribution in [1.82, 2.24) is 5.32 Å². The summed E-state index contributed by atoms with van der Waals surface area (Å²) in [6.45, 7) is 3.35. The number of amides is 1. The van der Waals surface area contributed by atoms with E-state index in [1.165, 1.54) is 18.4 Å². The minimum Gasteiger partial charge on any atom is -0.310 e. The maximum absolute atomic E-state index is 11.5. The maximum atomic E-state index is 11.5. The molecule has 1 saturated heterocycles. The van der Waals surface area contributed by atoms with Crippen molar-refractivity contribution in [3.8, 4) is 0 Å². The largest absolute Gasteiger partial charge is 0.310 e. The SMILES string of the molecule is CC1=C[C@H]2CC3=NC(=O)C=CC3[C@]3(C1)NCCC[C@H]23. The number of carbonyl (C=O) groups is 1. The summed E-state index contributed by atoms with van der Waals surface area (Å²) in [5.41, 5.74) is 2.75. The first kappa shape index (κ1) is 11.6. The summed E-state index contributed by atoms with van der Waals surface area (Å²) in [7, 11) is 0. The predicted octanol–water partition coefficient (Wildman–Crippen LogP) is 2.25. The summed E-state index contributed by atoms with van der Waals surface area (Å²) in [5.74, 6) is 1.55. The number of hydrogen-bond donors (Lipinski definition) is 1. The van der Waals surface area contributed by atoms with Crippen molar-refractivity contribution >= 4 is 11.6 Å². The number of nitrogens with one attached hydrogen (secondary N) is 1. The monoisotopic (exact) mass is 256 g/mol. The van der Waals surface area contributed by atoms with E-state index in [2.05, 4.69) is 29.4 Å². The zero-order valence-electron chi connectivity index (χ0n) is 11.4. The lowest BCUT2D eigenvalue weighted by Gasteiger charge is -2.58. The summed E-state index contributed by atoms with van der Waals surface area (Å²) in [6.07, 6.45) is 10.9. The van der Waals surface area contributed by atoms with E-state index in [1.54, 1.807) is 6.08 Å². The molecule has 1 N–H and O–H groups in total. The van der Waals surface area contributed by atoms with Crippen LogP contribution in [0.1, 0.15) is 32.6 Å². The fourth-order valence-corrected chi connectivity index (χ4v) is 4.90. The van der Waals surface area contributed by atoms with Crippen molar-refractivity contribution in [2.24, 2.45) is 22.7 Å². The molecule has 3 nitrogen and oxygen atoms in total. The Morgan fingerprint density at radius 1 is 1.47 bits per heavy atom. The molecule has 100 valence electrons. The van der Waals surface area contributed by atoms with Gasteiger partial charge in [-0.05, 0) is 51.0 Å². The zero-order valence-corrected chi connectivity index (χ0v) is 11.4. The van der Waals surface area contributed by atoms with Crippen LogP contribution in [-0.2, 0) is 4.79 Å². The highest BCUT2D eigenvalue weighted by Crippen LogP contribution is 2.52. The normalized spacial score (nSPS) is 44.1. The van der Waals surface area contributed by atoms with E-state index < -0.39 is 0 Å². The van der Waals surface area contributed by atoms with Gasteiger partial charge in [0.2, 0.25) is 0 Å². The Labute approximate surface area is 113 Å². The van der Waals surface area contributed by atoms with Crippen molar-refractivity contribution < 1.29 is 4.79 Å². The Morgan fingerprint density at radius 2 is 2.37 bits per heavy atom. The Morgan fingerprint density at radius 3 is 3.26 bits per heavy atom. The molecule has 0 radical (unpaired) electrons. The smallest absolute Gasteiger partial charge is 0.269 e. The second kappa shape index (κ2) is 3.89. The standard InChI is InChI=1S/C16H20N2O/c1-10-7-11-8-14-13(4-5-15(19)18-14)16(9-10)12(11)3-2-6-17-16/h4-5,7,11-13,17H,2-3,6,8-9H2,1H3/t11-,12+,13?,16+/m0/s1. The first-order chi connectivity index (χ1) is 9.19. The minimum absolute atomic E-state index is 0.0734.